The highest BCUT2D eigenvalue weighted by atomic mass is 16.2. The number of amides is 1. The lowest BCUT2D eigenvalue weighted by Crippen LogP contribution is -2.60. The first-order valence-corrected chi connectivity index (χ1v) is 12.8. The van der Waals surface area contributed by atoms with E-state index >= 15 is 0 Å². The molecule has 1 atom stereocenters. The Balaban J connectivity index is 1.71. The quantitative estimate of drug-likeness (QED) is 0.320. The zero-order valence-electron chi connectivity index (χ0n) is 19.5. The summed E-state index contributed by atoms with van der Waals surface area (Å²) in [7, 11) is 0. The number of benzene rings is 1. The molecule has 1 aromatic carbocycles. The lowest BCUT2D eigenvalue weighted by atomic mass is 9.71. The molecule has 3 heteroatoms. The molecule has 30 heavy (non-hydrogen) atoms. The van der Waals surface area contributed by atoms with Gasteiger partial charge < -0.3 is 11.1 Å². The normalized spacial score (nSPS) is 16.9. The lowest BCUT2D eigenvalue weighted by molar-refractivity contribution is -0.128. The molecule has 0 aromatic heterocycles. The van der Waals surface area contributed by atoms with E-state index in [1.807, 2.05) is 18.2 Å². The van der Waals surface area contributed by atoms with E-state index < -0.39 is 5.54 Å². The van der Waals surface area contributed by atoms with Gasteiger partial charge in [-0.05, 0) is 37.2 Å². The molecule has 1 aromatic rings. The minimum absolute atomic E-state index is 0.0641. The summed E-state index contributed by atoms with van der Waals surface area (Å²) < 4.78 is 0. The largest absolute Gasteiger partial charge is 0.354 e. The maximum absolute atomic E-state index is 13.2. The van der Waals surface area contributed by atoms with Gasteiger partial charge >= 0.3 is 0 Å². The molecule has 0 bridgehead atoms. The molecule has 1 aliphatic carbocycles. The minimum Gasteiger partial charge on any atom is -0.354 e. The summed E-state index contributed by atoms with van der Waals surface area (Å²) in [6, 6.07) is 10.3. The molecule has 1 aliphatic rings. The van der Waals surface area contributed by atoms with Crippen LogP contribution in [0.2, 0.25) is 0 Å². The van der Waals surface area contributed by atoms with Gasteiger partial charge in [0, 0.05) is 6.54 Å². The average Bonchev–Trinajstić information content (AvgIpc) is 2.78. The summed E-state index contributed by atoms with van der Waals surface area (Å²) in [5.41, 5.74) is 7.26. The molecule has 0 saturated heterocycles. The van der Waals surface area contributed by atoms with Crippen molar-refractivity contribution in [3.63, 3.8) is 0 Å². The monoisotopic (exact) mass is 414 g/mol. The van der Waals surface area contributed by atoms with Gasteiger partial charge in [0.1, 0.15) is 5.54 Å². The predicted octanol–water partition coefficient (Wildman–Crippen LogP) is 6.54. The third kappa shape index (κ3) is 8.79. The Morgan fingerprint density at radius 3 is 2.07 bits per heavy atom. The predicted molar refractivity (Wildman–Crippen MR) is 128 cm³/mol. The summed E-state index contributed by atoms with van der Waals surface area (Å²) >= 11 is 0. The topological polar surface area (TPSA) is 55.1 Å². The fourth-order valence-corrected chi connectivity index (χ4v) is 4.94. The third-order valence-corrected chi connectivity index (χ3v) is 6.91. The fourth-order valence-electron chi connectivity index (χ4n) is 4.94. The van der Waals surface area contributed by atoms with E-state index in [0.717, 1.165) is 25.8 Å². The molecular weight excluding hydrogens is 368 g/mol. The number of nitrogens with two attached hydrogens (primary N) is 1. The summed E-state index contributed by atoms with van der Waals surface area (Å²) in [5, 5.41) is 3.20. The van der Waals surface area contributed by atoms with Crippen LogP contribution in [-0.2, 0) is 11.2 Å². The highest BCUT2D eigenvalue weighted by molar-refractivity contribution is 5.86. The summed E-state index contributed by atoms with van der Waals surface area (Å²) in [6.07, 6.45) is 19.6. The first-order chi connectivity index (χ1) is 14.7. The summed E-state index contributed by atoms with van der Waals surface area (Å²) in [6.45, 7) is 3.03. The highest BCUT2D eigenvalue weighted by Crippen LogP contribution is 2.33. The molecular formula is C27H46N2O. The first-order valence-electron chi connectivity index (χ1n) is 12.8. The van der Waals surface area contributed by atoms with Crippen molar-refractivity contribution in [3.05, 3.63) is 35.9 Å². The van der Waals surface area contributed by atoms with Gasteiger partial charge in [0.15, 0.2) is 0 Å². The third-order valence-electron chi connectivity index (χ3n) is 6.91. The smallest absolute Gasteiger partial charge is 0.240 e. The van der Waals surface area contributed by atoms with Gasteiger partial charge in [0.25, 0.3) is 0 Å². The number of hydrogen-bond acceptors (Lipinski definition) is 2. The van der Waals surface area contributed by atoms with Crippen LogP contribution >= 0.6 is 0 Å². The van der Waals surface area contributed by atoms with Crippen LogP contribution in [0.5, 0.6) is 0 Å². The number of unbranched alkanes of at least 4 members (excludes halogenated alkanes) is 9. The van der Waals surface area contributed by atoms with Gasteiger partial charge in [-0.15, -0.1) is 0 Å². The molecule has 1 unspecified atom stereocenters. The van der Waals surface area contributed by atoms with E-state index in [2.05, 4.69) is 24.4 Å². The van der Waals surface area contributed by atoms with Crippen molar-refractivity contribution < 1.29 is 4.79 Å². The molecule has 170 valence electrons. The summed E-state index contributed by atoms with van der Waals surface area (Å²) in [5.74, 6) is 0.355. The van der Waals surface area contributed by atoms with Crippen LogP contribution in [0.15, 0.2) is 30.3 Å². The Labute approximate surface area is 185 Å². The molecule has 0 radical (unpaired) electrons. The van der Waals surface area contributed by atoms with E-state index in [-0.39, 0.29) is 5.91 Å². The highest BCUT2D eigenvalue weighted by Gasteiger charge is 2.42. The van der Waals surface area contributed by atoms with Crippen LogP contribution in [0.1, 0.15) is 109 Å². The van der Waals surface area contributed by atoms with Crippen molar-refractivity contribution in [2.45, 2.75) is 115 Å². The van der Waals surface area contributed by atoms with Crippen LogP contribution in [0.4, 0.5) is 0 Å². The number of carbonyl (C=O) groups is 1. The molecule has 2 rings (SSSR count). The van der Waals surface area contributed by atoms with Crippen LogP contribution in [0, 0.1) is 5.92 Å². The first kappa shape index (κ1) is 24.9. The maximum atomic E-state index is 13.2. The molecule has 1 amide bonds. The second-order valence-corrected chi connectivity index (χ2v) is 9.48. The van der Waals surface area contributed by atoms with Crippen molar-refractivity contribution in [3.8, 4) is 0 Å². The SMILES string of the molecule is CCCCCCCCCCCCNC(=O)C(N)(Cc1ccccc1)C1CCCCC1. The average molecular weight is 415 g/mol. The molecule has 3 N–H and O–H groups in total. The summed E-state index contributed by atoms with van der Waals surface area (Å²) in [4.78, 5) is 13.2. The van der Waals surface area contributed by atoms with Crippen molar-refractivity contribution >= 4 is 5.91 Å². The lowest BCUT2D eigenvalue weighted by Gasteiger charge is -2.38. The van der Waals surface area contributed by atoms with Crippen LogP contribution in [0.3, 0.4) is 0 Å². The van der Waals surface area contributed by atoms with Crippen molar-refractivity contribution in [2.24, 2.45) is 11.7 Å². The van der Waals surface area contributed by atoms with E-state index in [9.17, 15) is 4.79 Å². The molecule has 1 saturated carbocycles. The Morgan fingerprint density at radius 2 is 1.47 bits per heavy atom. The van der Waals surface area contributed by atoms with Crippen LogP contribution < -0.4 is 11.1 Å². The van der Waals surface area contributed by atoms with Crippen molar-refractivity contribution in [1.29, 1.82) is 0 Å². The minimum atomic E-state index is -0.778. The second-order valence-electron chi connectivity index (χ2n) is 9.48. The molecule has 1 fully saturated rings. The van der Waals surface area contributed by atoms with E-state index in [0.29, 0.717) is 12.3 Å². The number of rotatable bonds is 15. The van der Waals surface area contributed by atoms with Gasteiger partial charge in [0.05, 0.1) is 0 Å². The van der Waals surface area contributed by atoms with Gasteiger partial charge in [-0.3, -0.25) is 4.79 Å². The van der Waals surface area contributed by atoms with Crippen LogP contribution in [0.25, 0.3) is 0 Å². The molecule has 0 aliphatic heterocycles. The molecule has 3 nitrogen and oxygen atoms in total. The molecule has 0 heterocycles. The standard InChI is InChI=1S/C27H46N2O/c1-2-3-4-5-6-7-8-9-10-17-22-29-26(30)27(28,25-20-15-12-16-21-25)23-24-18-13-11-14-19-24/h11,13-14,18-19,25H,2-10,12,15-17,20-23,28H2,1H3,(H,29,30). The van der Waals surface area contributed by atoms with Gasteiger partial charge in [0.2, 0.25) is 5.91 Å². The Hall–Kier alpha value is -1.35. The van der Waals surface area contributed by atoms with E-state index in [1.165, 1.54) is 82.6 Å². The zero-order valence-corrected chi connectivity index (χ0v) is 19.5. The number of hydrogen-bond donors (Lipinski definition) is 2. The Morgan fingerprint density at radius 1 is 0.900 bits per heavy atom. The second kappa shape index (κ2) is 14.6. The van der Waals surface area contributed by atoms with Crippen LogP contribution in [-0.4, -0.2) is 18.0 Å². The van der Waals surface area contributed by atoms with Gasteiger partial charge in [-0.1, -0.05) is 114 Å². The van der Waals surface area contributed by atoms with E-state index in [4.69, 9.17) is 5.73 Å². The number of carbonyl (C=O) groups excluding carboxylic acids is 1. The van der Waals surface area contributed by atoms with Gasteiger partial charge in [-0.25, -0.2) is 0 Å². The fraction of sp³-hybridized carbons (Fsp3) is 0.741. The Kier molecular flexibility index (Phi) is 12.1. The van der Waals surface area contributed by atoms with Crippen molar-refractivity contribution in [2.75, 3.05) is 6.54 Å². The van der Waals surface area contributed by atoms with E-state index in [1.54, 1.807) is 0 Å². The Bertz CT molecular complexity index is 567. The van der Waals surface area contributed by atoms with Crippen molar-refractivity contribution in [1.82, 2.24) is 5.32 Å². The molecule has 0 spiro atoms. The zero-order chi connectivity index (χ0) is 21.5. The number of nitrogens with one attached hydrogen (secondary N) is 1. The van der Waals surface area contributed by atoms with Gasteiger partial charge in [-0.2, -0.15) is 0 Å². The maximum Gasteiger partial charge on any atom is 0.240 e.